The zero-order chi connectivity index (χ0) is 15.6. The number of nitrogens with zero attached hydrogens (tertiary/aromatic N) is 2. The van der Waals surface area contributed by atoms with E-state index in [0.29, 0.717) is 4.99 Å². The summed E-state index contributed by atoms with van der Waals surface area (Å²) in [4.78, 5) is 6.94. The van der Waals surface area contributed by atoms with Gasteiger partial charge in [-0.25, -0.2) is 4.98 Å². The highest BCUT2D eigenvalue weighted by atomic mass is 32.1. The van der Waals surface area contributed by atoms with Gasteiger partial charge in [0.25, 0.3) is 0 Å². The second kappa shape index (κ2) is 6.10. The van der Waals surface area contributed by atoms with Gasteiger partial charge in [0.05, 0.1) is 12.7 Å². The number of thiocarbonyl (C=S) groups is 1. The number of hydrogen-bond acceptors (Lipinski definition) is 4. The Bertz CT molecular complexity index is 668. The Labute approximate surface area is 130 Å². The van der Waals surface area contributed by atoms with Crippen LogP contribution in [0, 0.1) is 13.8 Å². The van der Waals surface area contributed by atoms with Gasteiger partial charge in [-0.05, 0) is 49.7 Å². The van der Waals surface area contributed by atoms with Crippen LogP contribution in [0.2, 0.25) is 0 Å². The minimum atomic E-state index is 0.357. The molecule has 2 rings (SSSR count). The maximum absolute atomic E-state index is 5.87. The Kier molecular flexibility index (Phi) is 4.43. The molecule has 0 bridgehead atoms. The van der Waals surface area contributed by atoms with E-state index in [4.69, 9.17) is 22.7 Å². The van der Waals surface area contributed by atoms with Crippen LogP contribution in [0.4, 0.5) is 11.5 Å². The third-order valence-electron chi connectivity index (χ3n) is 3.35. The van der Waals surface area contributed by atoms with Gasteiger partial charge in [-0.2, -0.15) is 0 Å². The minimum Gasteiger partial charge on any atom is -0.497 e. The summed E-state index contributed by atoms with van der Waals surface area (Å²) in [5.41, 5.74) is 9.64. The quantitative estimate of drug-likeness (QED) is 0.879. The smallest absolute Gasteiger partial charge is 0.143 e. The van der Waals surface area contributed by atoms with Crippen molar-refractivity contribution in [1.82, 2.24) is 4.98 Å². The minimum absolute atomic E-state index is 0.357. The zero-order valence-corrected chi connectivity index (χ0v) is 13.5. The molecule has 0 atom stereocenters. The summed E-state index contributed by atoms with van der Waals surface area (Å²) < 4.78 is 5.18. The number of nitrogens with two attached hydrogens (primary N) is 1. The maximum Gasteiger partial charge on any atom is 0.143 e. The van der Waals surface area contributed by atoms with Crippen molar-refractivity contribution in [2.45, 2.75) is 13.8 Å². The molecule has 1 aromatic carbocycles. The van der Waals surface area contributed by atoms with Crippen molar-refractivity contribution in [3.05, 3.63) is 47.2 Å². The van der Waals surface area contributed by atoms with Gasteiger partial charge >= 0.3 is 0 Å². The van der Waals surface area contributed by atoms with Crippen molar-refractivity contribution in [3.63, 3.8) is 0 Å². The van der Waals surface area contributed by atoms with Crippen LogP contribution in [0.5, 0.6) is 5.75 Å². The molecule has 0 aliphatic rings. The second-order valence-corrected chi connectivity index (χ2v) is 5.34. The van der Waals surface area contributed by atoms with Crippen LogP contribution in [0.25, 0.3) is 0 Å². The summed E-state index contributed by atoms with van der Waals surface area (Å²) in [6, 6.07) is 9.76. The number of hydrogen-bond donors (Lipinski definition) is 1. The molecule has 5 heteroatoms. The van der Waals surface area contributed by atoms with Gasteiger partial charge in [0.15, 0.2) is 0 Å². The number of aromatic nitrogens is 1. The van der Waals surface area contributed by atoms with Crippen LogP contribution in [0.3, 0.4) is 0 Å². The van der Waals surface area contributed by atoms with Crippen LogP contribution < -0.4 is 15.4 Å². The third kappa shape index (κ3) is 3.13. The van der Waals surface area contributed by atoms with Crippen molar-refractivity contribution in [3.8, 4) is 5.75 Å². The first-order chi connectivity index (χ1) is 9.93. The number of aryl methyl sites for hydroxylation is 2. The standard InChI is InChI=1S/C16H19N3OS/c1-10-9-11(2)18-16(14(10)15(17)21)19(3)12-5-7-13(20-4)8-6-12/h5-9H,1-4H3,(H2,17,21). The SMILES string of the molecule is COc1ccc(N(C)c2nc(C)cc(C)c2C(N)=S)cc1. The average Bonchev–Trinajstić information content (AvgIpc) is 2.45. The van der Waals surface area contributed by atoms with Gasteiger partial charge in [-0.3, -0.25) is 0 Å². The van der Waals surface area contributed by atoms with E-state index in [2.05, 4.69) is 4.98 Å². The molecule has 4 nitrogen and oxygen atoms in total. The molecule has 110 valence electrons. The van der Waals surface area contributed by atoms with E-state index in [-0.39, 0.29) is 0 Å². The lowest BCUT2D eigenvalue weighted by molar-refractivity contribution is 0.415. The van der Waals surface area contributed by atoms with Crippen molar-refractivity contribution < 1.29 is 4.74 Å². The highest BCUT2D eigenvalue weighted by molar-refractivity contribution is 7.80. The molecule has 21 heavy (non-hydrogen) atoms. The molecule has 0 amide bonds. The van der Waals surface area contributed by atoms with Crippen LogP contribution in [0.15, 0.2) is 30.3 Å². The van der Waals surface area contributed by atoms with Gasteiger partial charge in [-0.1, -0.05) is 12.2 Å². The van der Waals surface area contributed by atoms with Crippen LogP contribution in [-0.4, -0.2) is 24.1 Å². The number of ether oxygens (including phenoxy) is 1. The molecule has 1 heterocycles. The van der Waals surface area contributed by atoms with Gasteiger partial charge in [0.1, 0.15) is 16.6 Å². The maximum atomic E-state index is 5.87. The summed E-state index contributed by atoms with van der Waals surface area (Å²) in [6.45, 7) is 3.95. The molecular weight excluding hydrogens is 282 g/mol. The molecule has 2 N–H and O–H groups in total. The Morgan fingerprint density at radius 2 is 1.86 bits per heavy atom. The average molecular weight is 301 g/mol. The number of pyridine rings is 1. The fraction of sp³-hybridized carbons (Fsp3) is 0.250. The molecule has 0 saturated heterocycles. The fourth-order valence-electron chi connectivity index (χ4n) is 2.29. The first-order valence-electron chi connectivity index (χ1n) is 6.60. The summed E-state index contributed by atoms with van der Waals surface area (Å²) in [7, 11) is 3.60. The van der Waals surface area contributed by atoms with Gasteiger partial charge < -0.3 is 15.4 Å². The number of benzene rings is 1. The summed E-state index contributed by atoms with van der Waals surface area (Å²) >= 11 is 5.18. The summed E-state index contributed by atoms with van der Waals surface area (Å²) in [5.74, 6) is 1.58. The summed E-state index contributed by atoms with van der Waals surface area (Å²) in [6.07, 6.45) is 0. The van der Waals surface area contributed by atoms with E-state index >= 15 is 0 Å². The lowest BCUT2D eigenvalue weighted by Crippen LogP contribution is -2.21. The predicted octanol–water partition coefficient (Wildman–Crippen LogP) is 3.11. The lowest BCUT2D eigenvalue weighted by Gasteiger charge is -2.23. The number of anilines is 2. The fourth-order valence-corrected chi connectivity index (χ4v) is 2.54. The molecule has 0 saturated carbocycles. The molecule has 1 aromatic heterocycles. The second-order valence-electron chi connectivity index (χ2n) is 4.90. The first kappa shape index (κ1) is 15.3. The normalized spacial score (nSPS) is 10.3. The van der Waals surface area contributed by atoms with Crippen molar-refractivity contribution in [1.29, 1.82) is 0 Å². The van der Waals surface area contributed by atoms with Gasteiger partial charge in [-0.15, -0.1) is 0 Å². The van der Waals surface area contributed by atoms with E-state index in [0.717, 1.165) is 34.1 Å². The molecule has 0 aliphatic heterocycles. The number of rotatable bonds is 4. The monoisotopic (exact) mass is 301 g/mol. The van der Waals surface area contributed by atoms with Crippen LogP contribution in [0.1, 0.15) is 16.8 Å². The zero-order valence-electron chi connectivity index (χ0n) is 12.7. The largest absolute Gasteiger partial charge is 0.497 e. The Morgan fingerprint density at radius 1 is 1.24 bits per heavy atom. The van der Waals surface area contributed by atoms with Crippen molar-refractivity contribution >= 4 is 28.7 Å². The van der Waals surface area contributed by atoms with E-state index in [1.165, 1.54) is 0 Å². The highest BCUT2D eigenvalue weighted by Gasteiger charge is 2.16. The van der Waals surface area contributed by atoms with Crippen LogP contribution >= 0.6 is 12.2 Å². The van der Waals surface area contributed by atoms with Crippen molar-refractivity contribution in [2.24, 2.45) is 5.73 Å². The predicted molar refractivity (Wildman–Crippen MR) is 90.7 cm³/mol. The molecular formula is C16H19N3OS. The Morgan fingerprint density at radius 3 is 2.38 bits per heavy atom. The Hall–Kier alpha value is -2.14. The third-order valence-corrected chi connectivity index (χ3v) is 3.55. The van der Waals surface area contributed by atoms with E-state index in [1.807, 2.05) is 56.1 Å². The molecule has 0 fully saturated rings. The van der Waals surface area contributed by atoms with Crippen LogP contribution in [-0.2, 0) is 0 Å². The molecule has 0 radical (unpaired) electrons. The van der Waals surface area contributed by atoms with E-state index < -0.39 is 0 Å². The topological polar surface area (TPSA) is 51.4 Å². The molecule has 0 spiro atoms. The molecule has 0 unspecified atom stereocenters. The number of methoxy groups -OCH3 is 1. The highest BCUT2D eigenvalue weighted by Crippen LogP contribution is 2.29. The van der Waals surface area contributed by atoms with Gasteiger partial charge in [0, 0.05) is 18.4 Å². The summed E-state index contributed by atoms with van der Waals surface area (Å²) in [5, 5.41) is 0. The molecule has 0 aliphatic carbocycles. The van der Waals surface area contributed by atoms with E-state index in [1.54, 1.807) is 7.11 Å². The molecule has 2 aromatic rings. The lowest BCUT2D eigenvalue weighted by atomic mass is 10.1. The van der Waals surface area contributed by atoms with Crippen molar-refractivity contribution in [2.75, 3.05) is 19.1 Å². The first-order valence-corrected chi connectivity index (χ1v) is 7.00. The Balaban J connectivity index is 2.51. The van der Waals surface area contributed by atoms with Gasteiger partial charge in [0.2, 0.25) is 0 Å². The van der Waals surface area contributed by atoms with E-state index in [9.17, 15) is 0 Å².